The molecule has 0 unspecified atom stereocenters. The number of fused-ring (bicyclic) bond motifs is 1. The molecule has 2 aromatic heterocycles. The fourth-order valence-corrected chi connectivity index (χ4v) is 6.32. The van der Waals surface area contributed by atoms with Crippen molar-refractivity contribution in [1.82, 2.24) is 19.0 Å². The summed E-state index contributed by atoms with van der Waals surface area (Å²) >= 11 is 0. The maximum absolute atomic E-state index is 13.5. The first-order valence-corrected chi connectivity index (χ1v) is 13.4. The molecule has 0 amide bonds. The van der Waals surface area contributed by atoms with Gasteiger partial charge in [0.05, 0.1) is 28.0 Å². The zero-order valence-electron chi connectivity index (χ0n) is 19.5. The van der Waals surface area contributed by atoms with Gasteiger partial charge in [-0.25, -0.2) is 17.9 Å². The minimum Gasteiger partial charge on any atom is -0.359 e. The van der Waals surface area contributed by atoms with Crippen LogP contribution in [0.15, 0.2) is 43.3 Å². The Morgan fingerprint density at radius 1 is 1.12 bits per heavy atom. The summed E-state index contributed by atoms with van der Waals surface area (Å²) in [4.78, 5) is 27.0. The minimum absolute atomic E-state index is 0.0233. The van der Waals surface area contributed by atoms with E-state index in [4.69, 9.17) is 4.52 Å². The molecule has 0 aliphatic heterocycles. The largest absolute Gasteiger partial charge is 0.359 e. The van der Waals surface area contributed by atoms with E-state index < -0.39 is 26.8 Å². The molecule has 182 valence electrons. The van der Waals surface area contributed by atoms with E-state index in [1.807, 2.05) is 6.92 Å². The molecule has 0 spiro atoms. The molecular formula is C24H30N4O5S. The summed E-state index contributed by atoms with van der Waals surface area (Å²) in [6.45, 7) is 4.06. The zero-order valence-corrected chi connectivity index (χ0v) is 20.4. The molecule has 0 bridgehead atoms. The summed E-state index contributed by atoms with van der Waals surface area (Å²) in [7, 11) is -3.80. The van der Waals surface area contributed by atoms with Gasteiger partial charge in [0, 0.05) is 18.2 Å². The number of sulfonamides is 1. The molecule has 0 radical (unpaired) electrons. The highest BCUT2D eigenvalue weighted by molar-refractivity contribution is 7.89. The van der Waals surface area contributed by atoms with Crippen molar-refractivity contribution in [3.63, 3.8) is 0 Å². The van der Waals surface area contributed by atoms with E-state index in [1.54, 1.807) is 23.6 Å². The van der Waals surface area contributed by atoms with Gasteiger partial charge in [-0.2, -0.15) is 0 Å². The van der Waals surface area contributed by atoms with Crippen LogP contribution in [0.1, 0.15) is 63.3 Å². The number of nitrogens with one attached hydrogen (secondary N) is 1. The lowest BCUT2D eigenvalue weighted by Crippen LogP contribution is -2.41. The Morgan fingerprint density at radius 3 is 2.50 bits per heavy atom. The summed E-state index contributed by atoms with van der Waals surface area (Å²) in [5, 5.41) is 4.05. The second kappa shape index (κ2) is 8.49. The standard InChI is InChI=1S/C24H30N4O5S/c1-16-12-18(33-25-16)15-28-22(29)20-13-19(34(31,32)26-24(2)10-11-24)8-9-21(20)27(23(28)30)14-17-6-4-3-5-7-17/h8-9,12-13,17,26H,3-7,10-11,14-15H2,1-2H3. The van der Waals surface area contributed by atoms with Crippen molar-refractivity contribution < 1.29 is 12.9 Å². The van der Waals surface area contributed by atoms with Gasteiger partial charge in [0.25, 0.3) is 5.56 Å². The highest BCUT2D eigenvalue weighted by Gasteiger charge is 2.41. The average molecular weight is 487 g/mol. The number of nitrogens with zero attached hydrogens (tertiary/aromatic N) is 3. The van der Waals surface area contributed by atoms with Crippen LogP contribution in [0.5, 0.6) is 0 Å². The molecule has 1 N–H and O–H groups in total. The van der Waals surface area contributed by atoms with E-state index in [9.17, 15) is 18.0 Å². The fourth-order valence-electron chi connectivity index (χ4n) is 4.83. The van der Waals surface area contributed by atoms with Crippen molar-refractivity contribution in [1.29, 1.82) is 0 Å². The van der Waals surface area contributed by atoms with Gasteiger partial charge in [-0.05, 0) is 63.6 Å². The van der Waals surface area contributed by atoms with Crippen molar-refractivity contribution in [2.45, 2.75) is 82.3 Å². The predicted octanol–water partition coefficient (Wildman–Crippen LogP) is 2.92. The summed E-state index contributed by atoms with van der Waals surface area (Å²) in [5.41, 5.74) is -0.278. The van der Waals surface area contributed by atoms with Crippen LogP contribution in [0.3, 0.4) is 0 Å². The first-order chi connectivity index (χ1) is 16.2. The molecule has 2 heterocycles. The van der Waals surface area contributed by atoms with Crippen molar-refractivity contribution in [2.75, 3.05) is 0 Å². The third-order valence-corrected chi connectivity index (χ3v) is 8.68. The zero-order chi connectivity index (χ0) is 24.1. The van der Waals surface area contributed by atoms with Crippen molar-refractivity contribution in [2.24, 2.45) is 5.92 Å². The van der Waals surface area contributed by atoms with Gasteiger partial charge in [0.2, 0.25) is 10.0 Å². The third kappa shape index (κ3) is 4.48. The van der Waals surface area contributed by atoms with Crippen molar-refractivity contribution >= 4 is 20.9 Å². The minimum atomic E-state index is -3.80. The molecule has 2 aliphatic rings. The lowest BCUT2D eigenvalue weighted by atomic mass is 9.89. The maximum atomic E-state index is 13.5. The first kappa shape index (κ1) is 23.0. The van der Waals surface area contributed by atoms with Crippen molar-refractivity contribution in [3.05, 3.63) is 56.6 Å². The molecular weight excluding hydrogens is 456 g/mol. The Labute approximate surface area is 197 Å². The van der Waals surface area contributed by atoms with Gasteiger partial charge in [-0.15, -0.1) is 0 Å². The van der Waals surface area contributed by atoms with E-state index in [0.717, 1.165) is 43.1 Å². The van der Waals surface area contributed by atoms with Gasteiger partial charge in [0.15, 0.2) is 5.76 Å². The Hall–Kier alpha value is -2.72. The van der Waals surface area contributed by atoms with E-state index in [0.29, 0.717) is 29.4 Å². The second-order valence-electron chi connectivity index (χ2n) is 10.1. The van der Waals surface area contributed by atoms with Gasteiger partial charge in [-0.1, -0.05) is 24.4 Å². The summed E-state index contributed by atoms with van der Waals surface area (Å²) in [5.74, 6) is 0.736. The average Bonchev–Trinajstić information content (AvgIpc) is 3.37. The topological polar surface area (TPSA) is 116 Å². The predicted molar refractivity (Wildman–Crippen MR) is 127 cm³/mol. The van der Waals surface area contributed by atoms with E-state index >= 15 is 0 Å². The number of aromatic nitrogens is 3. The lowest BCUT2D eigenvalue weighted by molar-refractivity contribution is 0.314. The summed E-state index contributed by atoms with van der Waals surface area (Å²) in [6.07, 6.45) is 7.08. The van der Waals surface area contributed by atoms with E-state index in [1.165, 1.54) is 18.6 Å². The SMILES string of the molecule is Cc1cc(Cn2c(=O)c3cc(S(=O)(=O)NC4(C)CC4)ccc3n(CC3CCCCC3)c2=O)on1. The molecule has 9 nitrogen and oxygen atoms in total. The number of benzene rings is 1. The normalized spacial score (nSPS) is 18.4. The first-order valence-electron chi connectivity index (χ1n) is 11.9. The number of hydrogen-bond acceptors (Lipinski definition) is 6. The quantitative estimate of drug-likeness (QED) is 0.549. The lowest BCUT2D eigenvalue weighted by Gasteiger charge is -2.24. The van der Waals surface area contributed by atoms with E-state index in [2.05, 4.69) is 9.88 Å². The molecule has 1 aromatic carbocycles. The summed E-state index contributed by atoms with van der Waals surface area (Å²) < 4.78 is 36.7. The van der Waals surface area contributed by atoms with Gasteiger partial charge < -0.3 is 4.52 Å². The Morgan fingerprint density at radius 2 is 1.85 bits per heavy atom. The van der Waals surface area contributed by atoms with Crippen LogP contribution in [0.2, 0.25) is 0 Å². The Balaban J connectivity index is 1.65. The molecule has 5 rings (SSSR count). The van der Waals surface area contributed by atoms with Crippen LogP contribution < -0.4 is 16.0 Å². The highest BCUT2D eigenvalue weighted by atomic mass is 32.2. The highest BCUT2D eigenvalue weighted by Crippen LogP contribution is 2.36. The molecule has 34 heavy (non-hydrogen) atoms. The molecule has 0 saturated heterocycles. The molecule has 2 fully saturated rings. The molecule has 3 aromatic rings. The summed E-state index contributed by atoms with van der Waals surface area (Å²) in [6, 6.07) is 6.15. The van der Waals surface area contributed by atoms with Crippen LogP contribution in [0.25, 0.3) is 10.9 Å². The van der Waals surface area contributed by atoms with Crippen LogP contribution >= 0.6 is 0 Å². The van der Waals surface area contributed by atoms with Gasteiger partial charge >= 0.3 is 5.69 Å². The third-order valence-electron chi connectivity index (χ3n) is 7.04. The fraction of sp³-hybridized carbons (Fsp3) is 0.542. The van der Waals surface area contributed by atoms with Crippen LogP contribution in [-0.4, -0.2) is 28.2 Å². The van der Waals surface area contributed by atoms with Crippen LogP contribution in [0, 0.1) is 12.8 Å². The molecule has 2 saturated carbocycles. The van der Waals surface area contributed by atoms with E-state index in [-0.39, 0.29) is 16.8 Å². The Bertz CT molecular complexity index is 1460. The molecule has 2 aliphatic carbocycles. The monoisotopic (exact) mass is 486 g/mol. The Kier molecular flexibility index (Phi) is 5.76. The number of aryl methyl sites for hydroxylation is 1. The molecule has 0 atom stereocenters. The van der Waals surface area contributed by atoms with Crippen molar-refractivity contribution in [3.8, 4) is 0 Å². The van der Waals surface area contributed by atoms with Crippen LogP contribution in [-0.2, 0) is 23.1 Å². The van der Waals surface area contributed by atoms with Gasteiger partial charge in [-0.3, -0.25) is 13.9 Å². The number of rotatable bonds is 7. The van der Waals surface area contributed by atoms with Crippen LogP contribution in [0.4, 0.5) is 0 Å². The smallest absolute Gasteiger partial charge is 0.331 e. The van der Waals surface area contributed by atoms with Gasteiger partial charge in [0.1, 0.15) is 0 Å². The maximum Gasteiger partial charge on any atom is 0.331 e. The number of hydrogen-bond donors (Lipinski definition) is 1. The second-order valence-corrected chi connectivity index (χ2v) is 11.8. The molecule has 10 heteroatoms.